The Morgan fingerprint density at radius 2 is 1.65 bits per heavy atom. The van der Waals surface area contributed by atoms with Crippen molar-refractivity contribution in [2.24, 2.45) is 11.7 Å². The maximum atomic E-state index is 12.6. The molecule has 1 aliphatic heterocycles. The maximum Gasteiger partial charge on any atom is 0.225 e. The Labute approximate surface area is 123 Å². The van der Waals surface area contributed by atoms with Gasteiger partial charge in [0.1, 0.15) is 0 Å². The van der Waals surface area contributed by atoms with Gasteiger partial charge in [0.2, 0.25) is 5.91 Å². The van der Waals surface area contributed by atoms with Crippen molar-refractivity contribution in [2.75, 3.05) is 20.1 Å². The predicted molar refractivity (Wildman–Crippen MR) is 82.4 cm³/mol. The monoisotopic (exact) mass is 281 g/mol. The summed E-state index contributed by atoms with van der Waals surface area (Å²) >= 11 is 0. The summed E-state index contributed by atoms with van der Waals surface area (Å²) in [6, 6.07) is 1.38. The highest BCUT2D eigenvalue weighted by molar-refractivity contribution is 5.79. The third kappa shape index (κ3) is 3.73. The normalized spacial score (nSPS) is 29.6. The molecular formula is C16H31N3O. The van der Waals surface area contributed by atoms with E-state index in [1.807, 2.05) is 11.9 Å². The first-order valence-electron chi connectivity index (χ1n) is 8.25. The Balaban J connectivity index is 1.82. The van der Waals surface area contributed by atoms with Gasteiger partial charge in [0.15, 0.2) is 0 Å². The van der Waals surface area contributed by atoms with Crippen LogP contribution in [0.3, 0.4) is 0 Å². The molecule has 1 aliphatic carbocycles. The van der Waals surface area contributed by atoms with Crippen molar-refractivity contribution in [3.63, 3.8) is 0 Å². The van der Waals surface area contributed by atoms with Crippen LogP contribution in [0.4, 0.5) is 0 Å². The molecule has 0 aromatic heterocycles. The first-order valence-corrected chi connectivity index (χ1v) is 8.25. The number of likely N-dealkylation sites (tertiary alicyclic amines) is 1. The van der Waals surface area contributed by atoms with E-state index < -0.39 is 0 Å². The van der Waals surface area contributed by atoms with Gasteiger partial charge in [-0.3, -0.25) is 4.79 Å². The van der Waals surface area contributed by atoms with Crippen molar-refractivity contribution < 1.29 is 4.79 Å². The number of carbonyl (C=O) groups excluding carboxylic acids is 1. The lowest BCUT2D eigenvalue weighted by atomic mass is 9.85. The molecule has 2 aliphatic rings. The number of amides is 1. The van der Waals surface area contributed by atoms with Crippen LogP contribution in [0.2, 0.25) is 0 Å². The van der Waals surface area contributed by atoms with Crippen LogP contribution < -0.4 is 5.73 Å². The molecule has 2 N–H and O–H groups in total. The van der Waals surface area contributed by atoms with Crippen molar-refractivity contribution in [3.05, 3.63) is 0 Å². The molecule has 1 heterocycles. The number of piperidine rings is 1. The Morgan fingerprint density at radius 1 is 1.10 bits per heavy atom. The fourth-order valence-electron chi connectivity index (χ4n) is 3.62. The molecule has 0 atom stereocenters. The molecule has 1 saturated heterocycles. The number of nitrogens with two attached hydrogens (primary N) is 1. The zero-order valence-electron chi connectivity index (χ0n) is 13.3. The number of rotatable bonds is 3. The van der Waals surface area contributed by atoms with E-state index >= 15 is 0 Å². The zero-order chi connectivity index (χ0) is 14.7. The van der Waals surface area contributed by atoms with E-state index in [9.17, 15) is 4.79 Å². The maximum absolute atomic E-state index is 12.6. The van der Waals surface area contributed by atoms with Crippen LogP contribution >= 0.6 is 0 Å². The van der Waals surface area contributed by atoms with Crippen molar-refractivity contribution in [3.8, 4) is 0 Å². The van der Waals surface area contributed by atoms with Crippen LogP contribution in [-0.2, 0) is 4.79 Å². The SMILES string of the molecule is CC(C)N1CCC(N(C)C(=O)C2CCC(N)CC2)CC1. The Bertz CT molecular complexity index is 316. The molecule has 1 amide bonds. The van der Waals surface area contributed by atoms with Crippen molar-refractivity contribution >= 4 is 5.91 Å². The average molecular weight is 281 g/mol. The molecule has 1 saturated carbocycles. The standard InChI is InChI=1S/C16H31N3O/c1-12(2)19-10-8-15(9-11-19)18(3)16(20)13-4-6-14(17)7-5-13/h12-15H,4-11,17H2,1-3H3. The molecule has 0 aromatic rings. The molecule has 20 heavy (non-hydrogen) atoms. The number of nitrogens with zero attached hydrogens (tertiary/aromatic N) is 2. The second kappa shape index (κ2) is 6.90. The molecule has 116 valence electrons. The fraction of sp³-hybridized carbons (Fsp3) is 0.938. The van der Waals surface area contributed by atoms with Gasteiger partial charge in [-0.05, 0) is 52.4 Å². The summed E-state index contributed by atoms with van der Waals surface area (Å²) < 4.78 is 0. The lowest BCUT2D eigenvalue weighted by Gasteiger charge is -2.40. The van der Waals surface area contributed by atoms with E-state index in [4.69, 9.17) is 5.73 Å². The topological polar surface area (TPSA) is 49.6 Å². The predicted octanol–water partition coefficient (Wildman–Crippen LogP) is 1.84. The van der Waals surface area contributed by atoms with Gasteiger partial charge in [0.25, 0.3) is 0 Å². The van der Waals surface area contributed by atoms with Crippen molar-refractivity contribution in [1.29, 1.82) is 0 Å². The third-order valence-electron chi connectivity index (χ3n) is 5.25. The van der Waals surface area contributed by atoms with E-state index in [2.05, 4.69) is 18.7 Å². The van der Waals surface area contributed by atoms with E-state index in [1.54, 1.807) is 0 Å². The zero-order valence-corrected chi connectivity index (χ0v) is 13.3. The molecule has 4 heteroatoms. The lowest BCUT2D eigenvalue weighted by molar-refractivity contribution is -0.138. The van der Waals surface area contributed by atoms with Crippen LogP contribution in [0, 0.1) is 5.92 Å². The number of hydrogen-bond donors (Lipinski definition) is 1. The van der Waals surface area contributed by atoms with E-state index in [0.717, 1.165) is 51.6 Å². The van der Waals surface area contributed by atoms with Crippen LogP contribution in [-0.4, -0.2) is 54.0 Å². The van der Waals surface area contributed by atoms with Gasteiger partial charge in [-0.15, -0.1) is 0 Å². The third-order valence-corrected chi connectivity index (χ3v) is 5.25. The Kier molecular flexibility index (Phi) is 5.44. The summed E-state index contributed by atoms with van der Waals surface area (Å²) in [6.45, 7) is 6.74. The summed E-state index contributed by atoms with van der Waals surface area (Å²) in [7, 11) is 2.01. The highest BCUT2D eigenvalue weighted by Gasteiger charge is 2.31. The van der Waals surface area contributed by atoms with Gasteiger partial charge in [-0.2, -0.15) is 0 Å². The van der Waals surface area contributed by atoms with Gasteiger partial charge in [0, 0.05) is 44.2 Å². The summed E-state index contributed by atoms with van der Waals surface area (Å²) in [4.78, 5) is 17.1. The van der Waals surface area contributed by atoms with E-state index in [0.29, 0.717) is 24.0 Å². The molecule has 0 radical (unpaired) electrons. The highest BCUT2D eigenvalue weighted by atomic mass is 16.2. The Morgan fingerprint density at radius 3 is 2.15 bits per heavy atom. The molecule has 2 fully saturated rings. The van der Waals surface area contributed by atoms with Gasteiger partial charge >= 0.3 is 0 Å². The minimum Gasteiger partial charge on any atom is -0.342 e. The molecule has 0 aromatic carbocycles. The molecule has 0 unspecified atom stereocenters. The largest absolute Gasteiger partial charge is 0.342 e. The molecule has 0 spiro atoms. The first kappa shape index (κ1) is 15.8. The number of carbonyl (C=O) groups is 1. The van der Waals surface area contributed by atoms with Crippen LogP contribution in [0.15, 0.2) is 0 Å². The summed E-state index contributed by atoms with van der Waals surface area (Å²) in [5.41, 5.74) is 5.93. The quantitative estimate of drug-likeness (QED) is 0.858. The highest BCUT2D eigenvalue weighted by Crippen LogP contribution is 2.27. The van der Waals surface area contributed by atoms with Crippen LogP contribution in [0.25, 0.3) is 0 Å². The summed E-state index contributed by atoms with van der Waals surface area (Å²) in [6.07, 6.45) is 6.22. The van der Waals surface area contributed by atoms with Gasteiger partial charge in [-0.25, -0.2) is 0 Å². The van der Waals surface area contributed by atoms with Gasteiger partial charge in [0.05, 0.1) is 0 Å². The molecule has 2 rings (SSSR count). The average Bonchev–Trinajstić information content (AvgIpc) is 2.46. The van der Waals surface area contributed by atoms with Gasteiger partial charge in [-0.1, -0.05) is 0 Å². The summed E-state index contributed by atoms with van der Waals surface area (Å²) in [5, 5.41) is 0. The Hall–Kier alpha value is -0.610. The second-order valence-electron chi connectivity index (χ2n) is 6.92. The van der Waals surface area contributed by atoms with Crippen molar-refractivity contribution in [2.45, 2.75) is 70.5 Å². The summed E-state index contributed by atoms with van der Waals surface area (Å²) in [5.74, 6) is 0.586. The fourth-order valence-corrected chi connectivity index (χ4v) is 3.62. The molecule has 4 nitrogen and oxygen atoms in total. The minimum absolute atomic E-state index is 0.225. The van der Waals surface area contributed by atoms with Crippen molar-refractivity contribution in [1.82, 2.24) is 9.80 Å². The minimum atomic E-state index is 0.225. The smallest absolute Gasteiger partial charge is 0.225 e. The second-order valence-corrected chi connectivity index (χ2v) is 6.92. The van der Waals surface area contributed by atoms with E-state index in [1.165, 1.54) is 0 Å². The van der Waals surface area contributed by atoms with E-state index in [-0.39, 0.29) is 5.92 Å². The van der Waals surface area contributed by atoms with Crippen LogP contribution in [0.1, 0.15) is 52.4 Å². The van der Waals surface area contributed by atoms with Crippen LogP contribution in [0.5, 0.6) is 0 Å². The lowest BCUT2D eigenvalue weighted by Crippen LogP contribution is -2.49. The number of hydrogen-bond acceptors (Lipinski definition) is 3. The molecule has 0 bridgehead atoms. The van der Waals surface area contributed by atoms with Gasteiger partial charge < -0.3 is 15.5 Å². The molecular weight excluding hydrogens is 250 g/mol. The first-order chi connectivity index (χ1) is 9.49.